The topological polar surface area (TPSA) is 46.0 Å². The molecule has 21 heavy (non-hydrogen) atoms. The smallest absolute Gasteiger partial charge is 0.393 e. The molecule has 0 radical (unpaired) electrons. The highest BCUT2D eigenvalue weighted by Crippen LogP contribution is 2.30. The number of ketones is 1. The predicted octanol–water partition coefficient (Wildman–Crippen LogP) is 4.10. The Morgan fingerprint density at radius 2 is 1.90 bits per heavy atom. The number of aromatic amines is 1. The largest absolute Gasteiger partial charge is 0.461 e. The summed E-state index contributed by atoms with van der Waals surface area (Å²) in [5, 5.41) is 0.393. The number of alkyl halides is 3. The molecule has 0 bridgehead atoms. The Morgan fingerprint density at radius 1 is 1.14 bits per heavy atom. The van der Waals surface area contributed by atoms with Crippen LogP contribution in [0.2, 0.25) is 0 Å². The summed E-state index contributed by atoms with van der Waals surface area (Å²) < 4.78 is 43.3. The third kappa shape index (κ3) is 2.56. The summed E-state index contributed by atoms with van der Waals surface area (Å²) in [6.45, 7) is 0. The number of hydrogen-bond donors (Lipinski definition) is 1. The molecule has 0 saturated carbocycles. The van der Waals surface area contributed by atoms with Crippen molar-refractivity contribution in [3.8, 4) is 0 Å². The first-order valence-corrected chi connectivity index (χ1v) is 6.20. The highest BCUT2D eigenvalue weighted by Gasteiger charge is 2.32. The summed E-state index contributed by atoms with van der Waals surface area (Å²) >= 11 is 0. The Balaban J connectivity index is 2.17. The number of furan rings is 1. The van der Waals surface area contributed by atoms with Crippen LogP contribution < -0.4 is 0 Å². The molecule has 0 fully saturated rings. The lowest BCUT2D eigenvalue weighted by Crippen LogP contribution is -2.14. The predicted molar refractivity (Wildman–Crippen MR) is 70.2 cm³/mol. The molecule has 0 saturated heterocycles. The third-order valence-electron chi connectivity index (χ3n) is 3.16. The van der Waals surface area contributed by atoms with Gasteiger partial charge in [0.1, 0.15) is 0 Å². The van der Waals surface area contributed by atoms with E-state index in [4.69, 9.17) is 4.42 Å². The first-order chi connectivity index (χ1) is 9.96. The minimum Gasteiger partial charge on any atom is -0.461 e. The van der Waals surface area contributed by atoms with Crippen LogP contribution in [0.5, 0.6) is 0 Å². The first-order valence-electron chi connectivity index (χ1n) is 6.20. The molecule has 1 aromatic carbocycles. The second-order valence-corrected chi connectivity index (χ2v) is 4.62. The first kappa shape index (κ1) is 13.5. The minimum absolute atomic E-state index is 0.00461. The molecule has 3 rings (SSSR count). The monoisotopic (exact) mass is 293 g/mol. The zero-order chi connectivity index (χ0) is 15.0. The second-order valence-electron chi connectivity index (χ2n) is 4.62. The third-order valence-corrected chi connectivity index (χ3v) is 3.16. The van der Waals surface area contributed by atoms with E-state index in [2.05, 4.69) is 4.98 Å². The number of hydrogen-bond acceptors (Lipinski definition) is 2. The lowest BCUT2D eigenvalue weighted by molar-refractivity contribution is -0.127. The molecule has 0 unspecified atom stereocenters. The molecular formula is C15H10F3NO2. The van der Waals surface area contributed by atoms with Crippen LogP contribution in [0.3, 0.4) is 0 Å². The van der Waals surface area contributed by atoms with Gasteiger partial charge in [-0.2, -0.15) is 13.2 Å². The SMILES string of the molecule is O=C(c1ccco1)c1[nH]c2ccccc2c1CC(F)(F)F. The summed E-state index contributed by atoms with van der Waals surface area (Å²) in [4.78, 5) is 15.1. The summed E-state index contributed by atoms with van der Waals surface area (Å²) in [6.07, 6.45) is -4.26. The van der Waals surface area contributed by atoms with Gasteiger partial charge in [0.2, 0.25) is 5.78 Å². The molecule has 3 aromatic rings. The Bertz CT molecular complexity index is 785. The van der Waals surface area contributed by atoms with Gasteiger partial charge in [-0.3, -0.25) is 4.79 Å². The number of rotatable bonds is 3. The van der Waals surface area contributed by atoms with Crippen molar-refractivity contribution < 1.29 is 22.4 Å². The molecule has 2 heterocycles. The molecule has 108 valence electrons. The van der Waals surface area contributed by atoms with Gasteiger partial charge in [-0.05, 0) is 23.8 Å². The van der Waals surface area contributed by atoms with Crippen LogP contribution in [0.1, 0.15) is 21.8 Å². The van der Waals surface area contributed by atoms with Gasteiger partial charge in [0.05, 0.1) is 18.4 Å². The number of halogens is 3. The fourth-order valence-corrected chi connectivity index (χ4v) is 2.31. The number of para-hydroxylation sites is 1. The maximum absolute atomic E-state index is 12.8. The molecule has 2 aromatic heterocycles. The van der Waals surface area contributed by atoms with Crippen LogP contribution >= 0.6 is 0 Å². The Hall–Kier alpha value is -2.50. The van der Waals surface area contributed by atoms with Crippen LogP contribution in [0.25, 0.3) is 10.9 Å². The zero-order valence-electron chi connectivity index (χ0n) is 10.7. The summed E-state index contributed by atoms with van der Waals surface area (Å²) in [5.74, 6) is -0.583. The van der Waals surface area contributed by atoms with Gasteiger partial charge >= 0.3 is 6.18 Å². The number of aromatic nitrogens is 1. The number of carbonyl (C=O) groups excluding carboxylic acids is 1. The molecule has 0 aliphatic carbocycles. The molecule has 3 nitrogen and oxygen atoms in total. The van der Waals surface area contributed by atoms with Gasteiger partial charge in [-0.15, -0.1) is 0 Å². The van der Waals surface area contributed by atoms with E-state index in [0.29, 0.717) is 10.9 Å². The van der Waals surface area contributed by atoms with Crippen LogP contribution in [0, 0.1) is 0 Å². The van der Waals surface area contributed by atoms with Crippen molar-refractivity contribution in [1.29, 1.82) is 0 Å². The van der Waals surface area contributed by atoms with E-state index in [-0.39, 0.29) is 17.0 Å². The van der Waals surface area contributed by atoms with Gasteiger partial charge in [0.25, 0.3) is 0 Å². The van der Waals surface area contributed by atoms with Crippen molar-refractivity contribution in [2.24, 2.45) is 0 Å². The molecule has 0 spiro atoms. The van der Waals surface area contributed by atoms with Crippen molar-refractivity contribution in [3.05, 3.63) is 59.7 Å². The zero-order valence-corrected chi connectivity index (χ0v) is 10.7. The maximum atomic E-state index is 12.8. The summed E-state index contributed by atoms with van der Waals surface area (Å²) in [6, 6.07) is 9.46. The fraction of sp³-hybridized carbons (Fsp3) is 0.133. The highest BCUT2D eigenvalue weighted by atomic mass is 19.4. The number of nitrogens with one attached hydrogen (secondary N) is 1. The van der Waals surface area contributed by atoms with Crippen LogP contribution in [-0.4, -0.2) is 16.9 Å². The lowest BCUT2D eigenvalue weighted by atomic mass is 10.0. The standard InChI is InChI=1S/C15H10F3NO2/c16-15(17,18)8-10-9-4-1-2-5-11(9)19-13(10)14(20)12-6-3-7-21-12/h1-7,19H,8H2. The molecular weight excluding hydrogens is 283 g/mol. The van der Waals surface area contributed by atoms with E-state index in [1.165, 1.54) is 18.4 Å². The van der Waals surface area contributed by atoms with Crippen LogP contribution in [0.4, 0.5) is 13.2 Å². The number of fused-ring (bicyclic) bond motifs is 1. The van der Waals surface area contributed by atoms with Crippen LogP contribution in [0.15, 0.2) is 47.1 Å². The molecule has 0 aliphatic rings. The number of H-pyrrole nitrogens is 1. The van der Waals surface area contributed by atoms with Crippen molar-refractivity contribution in [1.82, 2.24) is 4.98 Å². The Morgan fingerprint density at radius 3 is 2.57 bits per heavy atom. The van der Waals surface area contributed by atoms with E-state index in [9.17, 15) is 18.0 Å². The summed E-state index contributed by atoms with van der Waals surface area (Å²) in [5.41, 5.74) is 0.356. The van der Waals surface area contributed by atoms with E-state index in [1.54, 1.807) is 24.3 Å². The second kappa shape index (κ2) is 4.80. The van der Waals surface area contributed by atoms with Crippen molar-refractivity contribution in [2.75, 3.05) is 0 Å². The van der Waals surface area contributed by atoms with Gasteiger partial charge in [0, 0.05) is 10.9 Å². The van der Waals surface area contributed by atoms with E-state index < -0.39 is 18.4 Å². The normalized spacial score (nSPS) is 12.0. The van der Waals surface area contributed by atoms with Gasteiger partial charge in [0.15, 0.2) is 5.76 Å². The van der Waals surface area contributed by atoms with E-state index in [0.717, 1.165) is 0 Å². The molecule has 0 atom stereocenters. The highest BCUT2D eigenvalue weighted by molar-refractivity contribution is 6.10. The van der Waals surface area contributed by atoms with E-state index >= 15 is 0 Å². The molecule has 6 heteroatoms. The number of carbonyl (C=O) groups is 1. The minimum atomic E-state index is -4.40. The molecule has 0 amide bonds. The van der Waals surface area contributed by atoms with E-state index in [1.807, 2.05) is 0 Å². The average Bonchev–Trinajstić information content (AvgIpc) is 3.05. The molecule has 1 N–H and O–H groups in total. The lowest BCUT2D eigenvalue weighted by Gasteiger charge is -2.07. The summed E-state index contributed by atoms with van der Waals surface area (Å²) in [7, 11) is 0. The van der Waals surface area contributed by atoms with Crippen molar-refractivity contribution in [3.63, 3.8) is 0 Å². The van der Waals surface area contributed by atoms with Gasteiger partial charge < -0.3 is 9.40 Å². The van der Waals surface area contributed by atoms with Crippen molar-refractivity contribution >= 4 is 16.7 Å². The van der Waals surface area contributed by atoms with Gasteiger partial charge in [-0.1, -0.05) is 18.2 Å². The fourth-order valence-electron chi connectivity index (χ4n) is 2.31. The Labute approximate surface area is 117 Å². The maximum Gasteiger partial charge on any atom is 0.393 e. The average molecular weight is 293 g/mol. The Kier molecular flexibility index (Phi) is 3.08. The number of benzene rings is 1. The quantitative estimate of drug-likeness (QED) is 0.739. The van der Waals surface area contributed by atoms with Crippen molar-refractivity contribution in [2.45, 2.75) is 12.6 Å². The van der Waals surface area contributed by atoms with Gasteiger partial charge in [-0.25, -0.2) is 0 Å². The van der Waals surface area contributed by atoms with Crippen LogP contribution in [-0.2, 0) is 6.42 Å². The molecule has 0 aliphatic heterocycles.